The van der Waals surface area contributed by atoms with E-state index < -0.39 is 0 Å². The number of nitrogens with zero attached hydrogens (tertiary/aromatic N) is 1. The van der Waals surface area contributed by atoms with Gasteiger partial charge in [-0.15, -0.1) is 0 Å². The zero-order chi connectivity index (χ0) is 18.4. The molecular weight excluding hydrogens is 322 g/mol. The Hall–Kier alpha value is -2.49. The molecule has 138 valence electrons. The summed E-state index contributed by atoms with van der Waals surface area (Å²) in [5, 5.41) is 6.28. The van der Waals surface area contributed by atoms with E-state index in [1.165, 1.54) is 30.5 Å². The first kappa shape index (κ1) is 18.3. The van der Waals surface area contributed by atoms with Crippen LogP contribution in [0.25, 0.3) is 0 Å². The summed E-state index contributed by atoms with van der Waals surface area (Å²) in [7, 11) is 0. The molecule has 0 radical (unpaired) electrons. The molecule has 0 spiro atoms. The molecular formula is C22H29N3O. The summed E-state index contributed by atoms with van der Waals surface area (Å²) in [5.41, 5.74) is 4.58. The lowest BCUT2D eigenvalue weighted by molar-refractivity contribution is -0.121. The fourth-order valence-corrected chi connectivity index (χ4v) is 3.28. The summed E-state index contributed by atoms with van der Waals surface area (Å²) in [4.78, 5) is 14.8. The molecule has 0 aliphatic carbocycles. The van der Waals surface area contributed by atoms with Crippen molar-refractivity contribution in [1.82, 2.24) is 5.32 Å². The lowest BCUT2D eigenvalue weighted by atomic mass is 10.1. The summed E-state index contributed by atoms with van der Waals surface area (Å²) in [5.74, 6) is 0.00526. The van der Waals surface area contributed by atoms with Crippen molar-refractivity contribution in [1.29, 1.82) is 0 Å². The van der Waals surface area contributed by atoms with E-state index in [2.05, 4.69) is 58.9 Å². The molecule has 26 heavy (non-hydrogen) atoms. The molecule has 1 aliphatic heterocycles. The molecule has 1 heterocycles. The normalized spacial score (nSPS) is 15.4. The number of carbonyl (C=O) groups is 1. The highest BCUT2D eigenvalue weighted by atomic mass is 16.2. The molecule has 1 fully saturated rings. The number of piperidine rings is 1. The molecule has 1 saturated heterocycles. The minimum atomic E-state index is -0.277. The molecule has 0 aromatic heterocycles. The van der Waals surface area contributed by atoms with Gasteiger partial charge in [-0.2, -0.15) is 0 Å². The molecule has 4 nitrogen and oxygen atoms in total. The summed E-state index contributed by atoms with van der Waals surface area (Å²) in [6.45, 7) is 6.79. The summed E-state index contributed by atoms with van der Waals surface area (Å²) in [6.07, 6.45) is 3.89. The number of carbonyl (C=O) groups excluding carboxylic acids is 1. The van der Waals surface area contributed by atoms with E-state index in [4.69, 9.17) is 0 Å². The van der Waals surface area contributed by atoms with Crippen LogP contribution in [0.2, 0.25) is 0 Å². The highest BCUT2D eigenvalue weighted by molar-refractivity contribution is 5.84. The summed E-state index contributed by atoms with van der Waals surface area (Å²) >= 11 is 0. The van der Waals surface area contributed by atoms with Gasteiger partial charge < -0.3 is 15.5 Å². The standard InChI is InChI=1S/C22H29N3O/c1-17-6-8-19(9-7-17)16-23-22(26)18(2)24-20-10-12-21(13-11-20)25-14-4-3-5-15-25/h6-13,18,24H,3-5,14-16H2,1-2H3,(H,23,26). The average Bonchev–Trinajstić information content (AvgIpc) is 2.68. The summed E-state index contributed by atoms with van der Waals surface area (Å²) in [6, 6.07) is 16.4. The molecule has 3 rings (SSSR count). The maximum absolute atomic E-state index is 12.3. The molecule has 0 saturated carbocycles. The van der Waals surface area contributed by atoms with Crippen LogP contribution in [0.15, 0.2) is 48.5 Å². The molecule has 2 aromatic rings. The minimum Gasteiger partial charge on any atom is -0.374 e. The van der Waals surface area contributed by atoms with Crippen LogP contribution < -0.4 is 15.5 Å². The van der Waals surface area contributed by atoms with Crippen LogP contribution in [-0.2, 0) is 11.3 Å². The Labute approximate surface area is 156 Å². The van der Waals surface area contributed by atoms with Crippen LogP contribution in [0.1, 0.15) is 37.3 Å². The van der Waals surface area contributed by atoms with Crippen molar-refractivity contribution >= 4 is 17.3 Å². The van der Waals surface area contributed by atoms with Crippen LogP contribution >= 0.6 is 0 Å². The van der Waals surface area contributed by atoms with Crippen molar-refractivity contribution in [2.24, 2.45) is 0 Å². The van der Waals surface area contributed by atoms with Crippen molar-refractivity contribution in [3.8, 4) is 0 Å². The van der Waals surface area contributed by atoms with Crippen molar-refractivity contribution in [3.05, 3.63) is 59.7 Å². The fourth-order valence-electron chi connectivity index (χ4n) is 3.28. The summed E-state index contributed by atoms with van der Waals surface area (Å²) < 4.78 is 0. The highest BCUT2D eigenvalue weighted by Crippen LogP contribution is 2.22. The minimum absolute atomic E-state index is 0.00526. The van der Waals surface area contributed by atoms with E-state index in [0.717, 1.165) is 24.3 Å². The first-order valence-electron chi connectivity index (χ1n) is 9.56. The molecule has 2 N–H and O–H groups in total. The van der Waals surface area contributed by atoms with Gasteiger partial charge in [-0.05, 0) is 62.9 Å². The maximum Gasteiger partial charge on any atom is 0.242 e. The highest BCUT2D eigenvalue weighted by Gasteiger charge is 2.13. The van der Waals surface area contributed by atoms with Gasteiger partial charge in [-0.1, -0.05) is 29.8 Å². The number of hydrogen-bond acceptors (Lipinski definition) is 3. The van der Waals surface area contributed by atoms with Gasteiger partial charge in [0.15, 0.2) is 0 Å². The lowest BCUT2D eigenvalue weighted by Gasteiger charge is -2.29. The number of anilines is 2. The Morgan fingerprint density at radius 3 is 2.31 bits per heavy atom. The van der Waals surface area contributed by atoms with E-state index in [9.17, 15) is 4.79 Å². The second kappa shape index (κ2) is 8.75. The Kier molecular flexibility index (Phi) is 6.16. The fraction of sp³-hybridized carbons (Fsp3) is 0.409. The molecule has 1 amide bonds. The molecule has 2 aromatic carbocycles. The van der Waals surface area contributed by atoms with Gasteiger partial charge in [0.1, 0.15) is 6.04 Å². The van der Waals surface area contributed by atoms with Crippen LogP contribution in [0.3, 0.4) is 0 Å². The van der Waals surface area contributed by atoms with Crippen molar-refractivity contribution in [2.45, 2.75) is 45.7 Å². The van der Waals surface area contributed by atoms with Crippen molar-refractivity contribution < 1.29 is 4.79 Å². The number of aryl methyl sites for hydroxylation is 1. The molecule has 0 bridgehead atoms. The number of hydrogen-bond donors (Lipinski definition) is 2. The second-order valence-corrected chi connectivity index (χ2v) is 7.16. The van der Waals surface area contributed by atoms with Crippen molar-refractivity contribution in [3.63, 3.8) is 0 Å². The quantitative estimate of drug-likeness (QED) is 0.823. The van der Waals surface area contributed by atoms with Gasteiger partial charge in [-0.3, -0.25) is 4.79 Å². The van der Waals surface area contributed by atoms with E-state index in [1.54, 1.807) is 0 Å². The largest absolute Gasteiger partial charge is 0.374 e. The van der Waals surface area contributed by atoms with Gasteiger partial charge in [0.2, 0.25) is 5.91 Å². The van der Waals surface area contributed by atoms with Crippen LogP contribution in [0.5, 0.6) is 0 Å². The predicted octanol–water partition coefficient (Wildman–Crippen LogP) is 4.10. The monoisotopic (exact) mass is 351 g/mol. The second-order valence-electron chi connectivity index (χ2n) is 7.16. The van der Waals surface area contributed by atoms with Crippen molar-refractivity contribution in [2.75, 3.05) is 23.3 Å². The third-order valence-corrected chi connectivity index (χ3v) is 4.95. The van der Waals surface area contributed by atoms with Crippen LogP contribution in [-0.4, -0.2) is 25.0 Å². The van der Waals surface area contributed by atoms with Gasteiger partial charge in [0.05, 0.1) is 0 Å². The molecule has 1 atom stereocenters. The third kappa shape index (κ3) is 5.01. The smallest absolute Gasteiger partial charge is 0.242 e. The molecule has 4 heteroatoms. The van der Waals surface area contributed by atoms with Gasteiger partial charge in [-0.25, -0.2) is 0 Å². The lowest BCUT2D eigenvalue weighted by Crippen LogP contribution is -2.37. The zero-order valence-corrected chi connectivity index (χ0v) is 15.8. The SMILES string of the molecule is Cc1ccc(CNC(=O)C(C)Nc2ccc(N3CCCCC3)cc2)cc1. The number of rotatable bonds is 6. The van der Waals surface area contributed by atoms with Gasteiger partial charge in [0.25, 0.3) is 0 Å². The van der Waals surface area contributed by atoms with Gasteiger partial charge in [0, 0.05) is 31.0 Å². The number of benzene rings is 2. The van der Waals surface area contributed by atoms with E-state index >= 15 is 0 Å². The number of nitrogens with one attached hydrogen (secondary N) is 2. The zero-order valence-electron chi connectivity index (χ0n) is 15.8. The Morgan fingerprint density at radius 2 is 1.65 bits per heavy atom. The molecule has 1 aliphatic rings. The van der Waals surface area contributed by atoms with E-state index in [0.29, 0.717) is 6.54 Å². The van der Waals surface area contributed by atoms with E-state index in [1.807, 2.05) is 19.1 Å². The predicted molar refractivity (Wildman–Crippen MR) is 109 cm³/mol. The average molecular weight is 351 g/mol. The van der Waals surface area contributed by atoms with Crippen LogP contribution in [0, 0.1) is 6.92 Å². The third-order valence-electron chi connectivity index (χ3n) is 4.95. The Balaban J connectivity index is 1.49. The first-order valence-corrected chi connectivity index (χ1v) is 9.56. The van der Waals surface area contributed by atoms with E-state index in [-0.39, 0.29) is 11.9 Å². The molecule has 1 unspecified atom stereocenters. The maximum atomic E-state index is 12.3. The van der Waals surface area contributed by atoms with Gasteiger partial charge >= 0.3 is 0 Å². The van der Waals surface area contributed by atoms with Crippen LogP contribution in [0.4, 0.5) is 11.4 Å². The topological polar surface area (TPSA) is 44.4 Å². The number of amides is 1. The Bertz CT molecular complexity index is 703. The first-order chi connectivity index (χ1) is 12.6. The Morgan fingerprint density at radius 1 is 1.00 bits per heavy atom.